The Morgan fingerprint density at radius 3 is 2.47 bits per heavy atom. The van der Waals surface area contributed by atoms with Gasteiger partial charge in [-0.3, -0.25) is 0 Å². The fraction of sp³-hybridized carbons (Fsp3) is 1.00. The van der Waals surface area contributed by atoms with Gasteiger partial charge < -0.3 is 10.1 Å². The molecule has 1 rings (SSSR count). The van der Waals surface area contributed by atoms with E-state index in [0.717, 1.165) is 18.4 Å². The number of nitrogens with one attached hydrogen (secondary N) is 1. The highest BCUT2D eigenvalue weighted by atomic mass is 16.5. The van der Waals surface area contributed by atoms with Crippen LogP contribution >= 0.6 is 0 Å². The van der Waals surface area contributed by atoms with Crippen LogP contribution in [0.15, 0.2) is 0 Å². The predicted octanol–water partition coefficient (Wildman–Crippen LogP) is 4.24. The zero-order valence-corrected chi connectivity index (χ0v) is 14.0. The summed E-state index contributed by atoms with van der Waals surface area (Å²) in [7, 11) is 2.08. The van der Waals surface area contributed by atoms with E-state index in [1.807, 2.05) is 0 Å². The van der Waals surface area contributed by atoms with Gasteiger partial charge in [0.2, 0.25) is 0 Å². The Kier molecular flexibility index (Phi) is 6.82. The molecule has 0 saturated heterocycles. The Morgan fingerprint density at radius 2 is 1.95 bits per heavy atom. The maximum absolute atomic E-state index is 6.20. The van der Waals surface area contributed by atoms with E-state index in [4.69, 9.17) is 4.74 Å². The largest absolute Gasteiger partial charge is 0.377 e. The van der Waals surface area contributed by atoms with Crippen LogP contribution in [0.3, 0.4) is 0 Å². The van der Waals surface area contributed by atoms with Crippen molar-refractivity contribution in [1.82, 2.24) is 5.32 Å². The molecule has 0 radical (unpaired) electrons. The molecule has 0 aromatic carbocycles. The Morgan fingerprint density at radius 1 is 1.26 bits per heavy atom. The van der Waals surface area contributed by atoms with Gasteiger partial charge in [-0.05, 0) is 50.0 Å². The topological polar surface area (TPSA) is 21.3 Å². The van der Waals surface area contributed by atoms with E-state index in [1.165, 1.54) is 32.1 Å². The summed E-state index contributed by atoms with van der Waals surface area (Å²) in [4.78, 5) is 0. The van der Waals surface area contributed by atoms with Gasteiger partial charge in [-0.1, -0.05) is 41.0 Å². The van der Waals surface area contributed by atoms with E-state index in [0.29, 0.717) is 17.6 Å². The number of ether oxygens (including phenoxy) is 1. The molecule has 1 aliphatic carbocycles. The van der Waals surface area contributed by atoms with E-state index in [-0.39, 0.29) is 0 Å². The number of likely N-dealkylation sites (N-methyl/N-ethyl adjacent to an activating group) is 1. The number of rotatable bonds is 7. The third-order valence-corrected chi connectivity index (χ3v) is 5.21. The quantitative estimate of drug-likeness (QED) is 0.746. The molecule has 2 heteroatoms. The summed E-state index contributed by atoms with van der Waals surface area (Å²) < 4.78 is 6.20. The highest BCUT2D eigenvalue weighted by Crippen LogP contribution is 2.41. The normalized spacial score (nSPS) is 28.9. The van der Waals surface area contributed by atoms with E-state index >= 15 is 0 Å². The third kappa shape index (κ3) is 5.07. The Balaban J connectivity index is 2.53. The second-order valence-electron chi connectivity index (χ2n) is 7.34. The molecule has 2 nitrogen and oxygen atoms in total. The van der Waals surface area contributed by atoms with Crippen LogP contribution in [0.25, 0.3) is 0 Å². The van der Waals surface area contributed by atoms with Crippen LogP contribution in [0.1, 0.15) is 66.7 Å². The maximum atomic E-state index is 6.20. The van der Waals surface area contributed by atoms with Crippen LogP contribution in [-0.4, -0.2) is 25.8 Å². The minimum atomic E-state index is 0.410. The van der Waals surface area contributed by atoms with Gasteiger partial charge in [0.25, 0.3) is 0 Å². The van der Waals surface area contributed by atoms with Gasteiger partial charge in [-0.15, -0.1) is 0 Å². The molecule has 114 valence electrons. The molecule has 1 N–H and O–H groups in total. The summed E-state index contributed by atoms with van der Waals surface area (Å²) in [5, 5.41) is 3.46. The summed E-state index contributed by atoms with van der Waals surface area (Å²) in [6, 6.07) is 0.552. The summed E-state index contributed by atoms with van der Waals surface area (Å²) in [6.07, 6.45) is 6.68. The molecular weight excluding hydrogens is 234 g/mol. The van der Waals surface area contributed by atoms with Crippen molar-refractivity contribution in [2.75, 3.05) is 13.7 Å². The lowest BCUT2D eigenvalue weighted by Crippen LogP contribution is -2.46. The lowest BCUT2D eigenvalue weighted by atomic mass is 9.68. The summed E-state index contributed by atoms with van der Waals surface area (Å²) in [5.74, 6) is 1.55. The lowest BCUT2D eigenvalue weighted by Gasteiger charge is -2.43. The van der Waals surface area contributed by atoms with Crippen LogP contribution < -0.4 is 5.32 Å². The van der Waals surface area contributed by atoms with Gasteiger partial charge in [0.1, 0.15) is 0 Å². The summed E-state index contributed by atoms with van der Waals surface area (Å²) in [5.41, 5.74) is 0.457. The predicted molar refractivity (Wildman–Crippen MR) is 83.5 cm³/mol. The molecule has 0 bridgehead atoms. The van der Waals surface area contributed by atoms with Gasteiger partial charge in [0, 0.05) is 12.6 Å². The molecule has 1 saturated carbocycles. The van der Waals surface area contributed by atoms with E-state index < -0.39 is 0 Å². The van der Waals surface area contributed by atoms with Crippen molar-refractivity contribution >= 4 is 0 Å². The fourth-order valence-electron chi connectivity index (χ4n) is 3.10. The minimum absolute atomic E-state index is 0.410. The molecule has 0 amide bonds. The molecular formula is C17H35NO. The van der Waals surface area contributed by atoms with Gasteiger partial charge >= 0.3 is 0 Å². The van der Waals surface area contributed by atoms with Crippen LogP contribution in [-0.2, 0) is 4.74 Å². The van der Waals surface area contributed by atoms with Crippen molar-refractivity contribution in [2.45, 2.75) is 78.9 Å². The van der Waals surface area contributed by atoms with Crippen LogP contribution in [0.2, 0.25) is 0 Å². The first-order valence-electron chi connectivity index (χ1n) is 8.19. The smallest absolute Gasteiger partial charge is 0.0730 e. The molecule has 3 unspecified atom stereocenters. The van der Waals surface area contributed by atoms with Gasteiger partial charge in [0.15, 0.2) is 0 Å². The first-order chi connectivity index (χ1) is 8.90. The molecule has 1 aliphatic rings. The van der Waals surface area contributed by atoms with Crippen molar-refractivity contribution in [2.24, 2.45) is 17.3 Å². The molecule has 0 aromatic heterocycles. The molecule has 0 heterocycles. The minimum Gasteiger partial charge on any atom is -0.377 e. The molecule has 0 spiro atoms. The number of hydrogen-bond donors (Lipinski definition) is 1. The van der Waals surface area contributed by atoms with E-state index in [2.05, 4.69) is 47.0 Å². The first kappa shape index (κ1) is 17.0. The van der Waals surface area contributed by atoms with Crippen LogP contribution in [0.4, 0.5) is 0 Å². The summed E-state index contributed by atoms with van der Waals surface area (Å²) >= 11 is 0. The molecule has 19 heavy (non-hydrogen) atoms. The highest BCUT2D eigenvalue weighted by Gasteiger charge is 2.37. The van der Waals surface area contributed by atoms with E-state index in [1.54, 1.807) is 0 Å². The Labute approximate surface area is 120 Å². The zero-order valence-electron chi connectivity index (χ0n) is 14.0. The third-order valence-electron chi connectivity index (χ3n) is 5.21. The molecule has 0 aliphatic heterocycles. The molecule has 3 atom stereocenters. The average Bonchev–Trinajstić information content (AvgIpc) is 2.38. The van der Waals surface area contributed by atoms with Crippen molar-refractivity contribution in [3.05, 3.63) is 0 Å². The first-order valence-corrected chi connectivity index (χ1v) is 8.19. The monoisotopic (exact) mass is 269 g/mol. The van der Waals surface area contributed by atoms with Crippen LogP contribution in [0.5, 0.6) is 0 Å². The lowest BCUT2D eigenvalue weighted by molar-refractivity contribution is -0.0325. The SMILES string of the molecule is CCC(C)(C)C1CCC(NC)C(OCCC(C)C)C1. The Hall–Kier alpha value is -0.0800. The average molecular weight is 269 g/mol. The van der Waals surface area contributed by atoms with Crippen LogP contribution in [0, 0.1) is 17.3 Å². The fourth-order valence-corrected chi connectivity index (χ4v) is 3.10. The molecule has 1 fully saturated rings. The van der Waals surface area contributed by atoms with Crippen molar-refractivity contribution in [3.8, 4) is 0 Å². The second kappa shape index (κ2) is 7.64. The van der Waals surface area contributed by atoms with Gasteiger partial charge in [0.05, 0.1) is 6.10 Å². The summed E-state index contributed by atoms with van der Waals surface area (Å²) in [6.45, 7) is 12.6. The van der Waals surface area contributed by atoms with Gasteiger partial charge in [-0.2, -0.15) is 0 Å². The van der Waals surface area contributed by atoms with Crippen molar-refractivity contribution in [1.29, 1.82) is 0 Å². The van der Waals surface area contributed by atoms with Gasteiger partial charge in [-0.25, -0.2) is 0 Å². The van der Waals surface area contributed by atoms with Crippen molar-refractivity contribution < 1.29 is 4.74 Å². The second-order valence-corrected chi connectivity index (χ2v) is 7.34. The highest BCUT2D eigenvalue weighted by molar-refractivity contribution is 4.90. The maximum Gasteiger partial charge on any atom is 0.0730 e. The number of hydrogen-bond acceptors (Lipinski definition) is 2. The van der Waals surface area contributed by atoms with E-state index in [9.17, 15) is 0 Å². The standard InChI is InChI=1S/C17H35NO/c1-7-17(4,5)14-8-9-15(18-6)16(12-14)19-11-10-13(2)3/h13-16,18H,7-12H2,1-6H3. The zero-order chi connectivity index (χ0) is 14.5. The molecule has 0 aromatic rings. The van der Waals surface area contributed by atoms with Crippen molar-refractivity contribution in [3.63, 3.8) is 0 Å². The Bertz CT molecular complexity index is 250.